The van der Waals surface area contributed by atoms with E-state index in [1.165, 1.54) is 0 Å². The SMILES string of the molecule is CC(C)OC(=O)C(Cc1ccc(Br)cc1)NC(=O)c1ccccc1. The molecule has 0 saturated carbocycles. The van der Waals surface area contributed by atoms with Crippen molar-refractivity contribution in [2.45, 2.75) is 32.4 Å². The first kappa shape index (κ1) is 18.2. The van der Waals surface area contributed by atoms with Crippen molar-refractivity contribution >= 4 is 27.8 Å². The molecule has 0 aliphatic heterocycles. The first-order valence-corrected chi connectivity index (χ1v) is 8.56. The maximum Gasteiger partial charge on any atom is 0.329 e. The lowest BCUT2D eigenvalue weighted by Gasteiger charge is -2.19. The molecular weight excluding hydrogens is 370 g/mol. The maximum absolute atomic E-state index is 12.4. The summed E-state index contributed by atoms with van der Waals surface area (Å²) in [4.78, 5) is 24.7. The topological polar surface area (TPSA) is 55.4 Å². The normalized spacial score (nSPS) is 11.8. The van der Waals surface area contributed by atoms with Gasteiger partial charge in [0.2, 0.25) is 0 Å². The molecule has 0 heterocycles. The summed E-state index contributed by atoms with van der Waals surface area (Å²) in [5.41, 5.74) is 1.45. The molecule has 2 rings (SSSR count). The molecule has 1 unspecified atom stereocenters. The van der Waals surface area contributed by atoms with Gasteiger partial charge in [0.15, 0.2) is 0 Å². The quantitative estimate of drug-likeness (QED) is 0.765. The Labute approximate surface area is 150 Å². The van der Waals surface area contributed by atoms with Crippen LogP contribution in [0.1, 0.15) is 29.8 Å². The van der Waals surface area contributed by atoms with Crippen LogP contribution in [-0.4, -0.2) is 24.0 Å². The third-order valence-corrected chi connectivity index (χ3v) is 3.86. The molecule has 5 heteroatoms. The fraction of sp³-hybridized carbons (Fsp3) is 0.263. The van der Waals surface area contributed by atoms with Gasteiger partial charge in [-0.15, -0.1) is 0 Å². The summed E-state index contributed by atoms with van der Waals surface area (Å²) in [6, 6.07) is 15.7. The van der Waals surface area contributed by atoms with Crippen molar-refractivity contribution in [2.75, 3.05) is 0 Å². The molecule has 0 aromatic heterocycles. The molecule has 1 atom stereocenters. The standard InChI is InChI=1S/C19H20BrNO3/c1-13(2)24-19(23)17(12-14-8-10-16(20)11-9-14)21-18(22)15-6-4-3-5-7-15/h3-11,13,17H,12H2,1-2H3,(H,21,22). The summed E-state index contributed by atoms with van der Waals surface area (Å²) in [5, 5.41) is 2.78. The van der Waals surface area contributed by atoms with Crippen LogP contribution in [0.3, 0.4) is 0 Å². The highest BCUT2D eigenvalue weighted by Crippen LogP contribution is 2.13. The molecule has 0 saturated heterocycles. The summed E-state index contributed by atoms with van der Waals surface area (Å²) in [7, 11) is 0. The third-order valence-electron chi connectivity index (χ3n) is 3.33. The lowest BCUT2D eigenvalue weighted by molar-refractivity contribution is -0.149. The van der Waals surface area contributed by atoms with Crippen LogP contribution in [0.4, 0.5) is 0 Å². The number of hydrogen-bond acceptors (Lipinski definition) is 3. The number of amides is 1. The molecular formula is C19H20BrNO3. The van der Waals surface area contributed by atoms with Gasteiger partial charge in [-0.25, -0.2) is 4.79 Å². The lowest BCUT2D eigenvalue weighted by atomic mass is 10.1. The zero-order valence-corrected chi connectivity index (χ0v) is 15.2. The van der Waals surface area contributed by atoms with Crippen LogP contribution in [0.2, 0.25) is 0 Å². The Balaban J connectivity index is 2.14. The fourth-order valence-corrected chi connectivity index (χ4v) is 2.46. The van der Waals surface area contributed by atoms with Crippen LogP contribution in [0.5, 0.6) is 0 Å². The summed E-state index contributed by atoms with van der Waals surface area (Å²) < 4.78 is 6.24. The molecule has 126 valence electrons. The number of carbonyl (C=O) groups is 2. The van der Waals surface area contributed by atoms with Gasteiger partial charge in [0.1, 0.15) is 6.04 Å². The van der Waals surface area contributed by atoms with Crippen molar-refractivity contribution in [3.8, 4) is 0 Å². The minimum atomic E-state index is -0.735. The Morgan fingerprint density at radius 1 is 1.04 bits per heavy atom. The molecule has 0 fully saturated rings. The third kappa shape index (κ3) is 5.49. The van der Waals surface area contributed by atoms with E-state index >= 15 is 0 Å². The van der Waals surface area contributed by atoms with E-state index < -0.39 is 12.0 Å². The second kappa shape index (κ2) is 8.64. The van der Waals surface area contributed by atoms with Crippen molar-refractivity contribution < 1.29 is 14.3 Å². The number of hydrogen-bond donors (Lipinski definition) is 1. The van der Waals surface area contributed by atoms with E-state index in [0.717, 1.165) is 10.0 Å². The molecule has 4 nitrogen and oxygen atoms in total. The predicted octanol–water partition coefficient (Wildman–Crippen LogP) is 3.74. The minimum absolute atomic E-state index is 0.237. The fourth-order valence-electron chi connectivity index (χ4n) is 2.20. The van der Waals surface area contributed by atoms with Crippen molar-refractivity contribution in [1.82, 2.24) is 5.32 Å². The van der Waals surface area contributed by atoms with Crippen LogP contribution in [0, 0.1) is 0 Å². The second-order valence-electron chi connectivity index (χ2n) is 5.71. The van der Waals surface area contributed by atoms with Gasteiger partial charge in [-0.3, -0.25) is 4.79 Å². The van der Waals surface area contributed by atoms with Crippen molar-refractivity contribution in [1.29, 1.82) is 0 Å². The largest absolute Gasteiger partial charge is 0.461 e. The Bertz CT molecular complexity index is 684. The van der Waals surface area contributed by atoms with E-state index in [1.807, 2.05) is 30.3 Å². The Kier molecular flexibility index (Phi) is 6.55. The van der Waals surface area contributed by atoms with Crippen LogP contribution >= 0.6 is 15.9 Å². The van der Waals surface area contributed by atoms with Crippen molar-refractivity contribution in [2.24, 2.45) is 0 Å². The van der Waals surface area contributed by atoms with E-state index in [0.29, 0.717) is 12.0 Å². The lowest BCUT2D eigenvalue weighted by Crippen LogP contribution is -2.44. The molecule has 0 spiro atoms. The van der Waals surface area contributed by atoms with Gasteiger partial charge in [-0.05, 0) is 43.7 Å². The Morgan fingerprint density at radius 3 is 2.25 bits per heavy atom. The van der Waals surface area contributed by atoms with Gasteiger partial charge in [0.05, 0.1) is 6.10 Å². The average Bonchev–Trinajstić information content (AvgIpc) is 2.56. The monoisotopic (exact) mass is 389 g/mol. The van der Waals surface area contributed by atoms with Gasteiger partial charge in [0.25, 0.3) is 5.91 Å². The summed E-state index contributed by atoms with van der Waals surface area (Å²) >= 11 is 3.38. The highest BCUT2D eigenvalue weighted by Gasteiger charge is 2.24. The van der Waals surface area contributed by atoms with Gasteiger partial charge in [0, 0.05) is 16.5 Å². The second-order valence-corrected chi connectivity index (χ2v) is 6.62. The van der Waals surface area contributed by atoms with E-state index in [4.69, 9.17) is 4.74 Å². The van der Waals surface area contributed by atoms with Gasteiger partial charge >= 0.3 is 5.97 Å². The Morgan fingerprint density at radius 2 is 1.67 bits per heavy atom. The number of rotatable bonds is 6. The molecule has 2 aromatic rings. The first-order chi connectivity index (χ1) is 11.5. The molecule has 0 radical (unpaired) electrons. The summed E-state index contributed by atoms with van der Waals surface area (Å²) in [6.07, 6.45) is 0.135. The highest BCUT2D eigenvalue weighted by molar-refractivity contribution is 9.10. The first-order valence-electron chi connectivity index (χ1n) is 7.76. The van der Waals surface area contributed by atoms with E-state index in [1.54, 1.807) is 38.1 Å². The number of ether oxygens (including phenoxy) is 1. The number of halogens is 1. The highest BCUT2D eigenvalue weighted by atomic mass is 79.9. The van der Waals surface area contributed by atoms with E-state index in [-0.39, 0.29) is 12.0 Å². The number of esters is 1. The summed E-state index contributed by atoms with van der Waals surface area (Å²) in [6.45, 7) is 3.57. The molecule has 0 aliphatic carbocycles. The Hall–Kier alpha value is -2.14. The van der Waals surface area contributed by atoms with Gasteiger partial charge < -0.3 is 10.1 Å². The predicted molar refractivity (Wildman–Crippen MR) is 96.8 cm³/mol. The van der Waals surface area contributed by atoms with E-state index in [9.17, 15) is 9.59 Å². The van der Waals surface area contributed by atoms with Crippen molar-refractivity contribution in [3.05, 3.63) is 70.2 Å². The molecule has 0 aliphatic rings. The smallest absolute Gasteiger partial charge is 0.329 e. The maximum atomic E-state index is 12.4. The van der Waals surface area contributed by atoms with Crippen molar-refractivity contribution in [3.63, 3.8) is 0 Å². The zero-order valence-electron chi connectivity index (χ0n) is 13.7. The van der Waals surface area contributed by atoms with Gasteiger partial charge in [-0.2, -0.15) is 0 Å². The van der Waals surface area contributed by atoms with Crippen LogP contribution in [0.15, 0.2) is 59.1 Å². The van der Waals surface area contributed by atoms with Crippen LogP contribution in [-0.2, 0) is 16.0 Å². The number of carbonyl (C=O) groups excluding carboxylic acids is 2. The molecule has 0 bridgehead atoms. The summed E-state index contributed by atoms with van der Waals surface area (Å²) in [5.74, 6) is -0.726. The number of benzene rings is 2. The molecule has 1 amide bonds. The molecule has 1 N–H and O–H groups in total. The molecule has 2 aromatic carbocycles. The van der Waals surface area contributed by atoms with Gasteiger partial charge in [-0.1, -0.05) is 46.3 Å². The minimum Gasteiger partial charge on any atom is -0.461 e. The average molecular weight is 390 g/mol. The molecule has 24 heavy (non-hydrogen) atoms. The number of nitrogens with one attached hydrogen (secondary N) is 1. The van der Waals surface area contributed by atoms with Crippen LogP contribution < -0.4 is 5.32 Å². The zero-order chi connectivity index (χ0) is 17.5. The van der Waals surface area contributed by atoms with E-state index in [2.05, 4.69) is 21.2 Å². The van der Waals surface area contributed by atoms with Crippen LogP contribution in [0.25, 0.3) is 0 Å².